The maximum atomic E-state index is 15.0. The van der Waals surface area contributed by atoms with Gasteiger partial charge < -0.3 is 19.9 Å². The topological polar surface area (TPSA) is 87.3 Å². The van der Waals surface area contributed by atoms with Crippen molar-refractivity contribution in [1.82, 2.24) is 14.9 Å². The van der Waals surface area contributed by atoms with Gasteiger partial charge in [0.1, 0.15) is 5.82 Å². The molecule has 0 aliphatic carbocycles. The fourth-order valence-corrected chi connectivity index (χ4v) is 4.73. The van der Waals surface area contributed by atoms with E-state index in [4.69, 9.17) is 16.3 Å². The van der Waals surface area contributed by atoms with Crippen molar-refractivity contribution in [3.63, 3.8) is 0 Å². The molecule has 3 heterocycles. The lowest BCUT2D eigenvalue weighted by Gasteiger charge is -2.41. The van der Waals surface area contributed by atoms with Crippen molar-refractivity contribution in [2.45, 2.75) is 45.2 Å². The van der Waals surface area contributed by atoms with Crippen LogP contribution in [0.25, 0.3) is 11.1 Å². The van der Waals surface area contributed by atoms with Crippen LogP contribution in [0, 0.1) is 5.82 Å². The van der Waals surface area contributed by atoms with E-state index in [-0.39, 0.29) is 34.2 Å². The van der Waals surface area contributed by atoms with Gasteiger partial charge in [0.25, 0.3) is 6.43 Å². The lowest BCUT2D eigenvalue weighted by molar-refractivity contribution is 0.0796. The minimum Gasteiger partial charge on any atom is -0.472 e. The van der Waals surface area contributed by atoms with Crippen molar-refractivity contribution in [2.24, 2.45) is 0 Å². The van der Waals surface area contributed by atoms with E-state index in [1.54, 1.807) is 17.2 Å². The van der Waals surface area contributed by atoms with Gasteiger partial charge in [0.15, 0.2) is 6.61 Å². The van der Waals surface area contributed by atoms with Gasteiger partial charge in [-0.15, -0.1) is 0 Å². The number of aromatic nitrogens is 2. The summed E-state index contributed by atoms with van der Waals surface area (Å²) in [5.41, 5.74) is 2.22. The molecular formula is C25H24ClF3N4O3. The molecule has 1 aliphatic heterocycles. The van der Waals surface area contributed by atoms with Crippen LogP contribution in [0.4, 0.5) is 23.7 Å². The molecule has 190 valence electrons. The summed E-state index contributed by atoms with van der Waals surface area (Å²) >= 11 is 6.39. The minimum absolute atomic E-state index is 0.00584. The summed E-state index contributed by atoms with van der Waals surface area (Å²) in [7, 11) is 0. The molecule has 0 radical (unpaired) electrons. The van der Waals surface area contributed by atoms with Crippen LogP contribution in [-0.2, 0) is 6.42 Å². The van der Waals surface area contributed by atoms with Crippen LogP contribution in [0.2, 0.25) is 5.02 Å². The van der Waals surface area contributed by atoms with Crippen LogP contribution >= 0.6 is 11.6 Å². The van der Waals surface area contributed by atoms with Crippen LogP contribution in [-0.4, -0.2) is 40.0 Å². The van der Waals surface area contributed by atoms with Crippen molar-refractivity contribution in [2.75, 3.05) is 11.9 Å². The molecule has 11 heteroatoms. The van der Waals surface area contributed by atoms with Gasteiger partial charge in [-0.3, -0.25) is 4.79 Å². The van der Waals surface area contributed by atoms with Crippen molar-refractivity contribution >= 4 is 23.3 Å². The van der Waals surface area contributed by atoms with Crippen molar-refractivity contribution in [3.8, 4) is 17.0 Å². The van der Waals surface area contributed by atoms with Crippen molar-refractivity contribution < 1.29 is 22.7 Å². The zero-order valence-electron chi connectivity index (χ0n) is 19.5. The minimum atomic E-state index is -2.63. The van der Waals surface area contributed by atoms with Crippen molar-refractivity contribution in [3.05, 3.63) is 75.0 Å². The first-order valence-corrected chi connectivity index (χ1v) is 11.7. The summed E-state index contributed by atoms with van der Waals surface area (Å²) in [5.74, 6) is -0.700. The van der Waals surface area contributed by atoms with E-state index in [9.17, 15) is 18.4 Å². The molecule has 0 bridgehead atoms. The Hall–Kier alpha value is -3.53. The number of H-pyrrole nitrogens is 1. The molecule has 1 aliphatic rings. The number of fused-ring (bicyclic) bond motifs is 1. The number of pyridine rings is 2. The Kier molecular flexibility index (Phi) is 7.53. The van der Waals surface area contributed by atoms with E-state index in [2.05, 4.69) is 15.3 Å². The van der Waals surface area contributed by atoms with Crippen LogP contribution in [0.5, 0.6) is 5.88 Å². The third-order valence-electron chi connectivity index (χ3n) is 6.06. The number of ether oxygens (including phenoxy) is 1. The highest BCUT2D eigenvalue weighted by atomic mass is 35.5. The first-order chi connectivity index (χ1) is 17.2. The number of nitrogens with zero attached hydrogens (tertiary/aromatic N) is 2. The Morgan fingerprint density at radius 1 is 1.33 bits per heavy atom. The SMILES string of the molecule is CCC1c2c[nH]c(=O)cc2CC(C)N1C(=O)Nc1cc(Cl)c(-c2ccc(OCC(F)F)nc2)cc1F. The summed E-state index contributed by atoms with van der Waals surface area (Å²) in [4.78, 5) is 33.2. The average Bonchev–Trinajstić information content (AvgIpc) is 2.84. The van der Waals surface area contributed by atoms with Gasteiger partial charge in [-0.1, -0.05) is 18.5 Å². The van der Waals surface area contributed by atoms with Gasteiger partial charge in [0, 0.05) is 41.7 Å². The second-order valence-electron chi connectivity index (χ2n) is 8.49. The van der Waals surface area contributed by atoms with Gasteiger partial charge in [-0.2, -0.15) is 0 Å². The first kappa shape index (κ1) is 25.6. The van der Waals surface area contributed by atoms with E-state index in [0.29, 0.717) is 24.0 Å². The Morgan fingerprint density at radius 2 is 2.11 bits per heavy atom. The number of hydrogen-bond donors (Lipinski definition) is 2. The Balaban J connectivity index is 1.54. The third kappa shape index (κ3) is 5.33. The number of rotatable bonds is 6. The van der Waals surface area contributed by atoms with Crippen LogP contribution in [0.3, 0.4) is 0 Å². The van der Waals surface area contributed by atoms with Gasteiger partial charge in [0.05, 0.1) is 16.8 Å². The molecule has 2 amide bonds. The summed E-state index contributed by atoms with van der Waals surface area (Å²) in [5, 5.41) is 2.79. The van der Waals surface area contributed by atoms with Gasteiger partial charge >= 0.3 is 6.03 Å². The normalized spacial score (nSPS) is 17.1. The monoisotopic (exact) mass is 520 g/mol. The number of halogens is 4. The second-order valence-corrected chi connectivity index (χ2v) is 8.90. The molecule has 0 spiro atoms. The van der Waals surface area contributed by atoms with Gasteiger partial charge in [0.2, 0.25) is 11.4 Å². The Labute approximate surface area is 210 Å². The van der Waals surface area contributed by atoms with Gasteiger partial charge in [-0.25, -0.2) is 22.9 Å². The lowest BCUT2D eigenvalue weighted by atomic mass is 9.89. The number of urea groups is 1. The standard InChI is InChI=1S/C25H24ClF3N4O3/c1-3-21-17-11-30-23(34)7-15(17)6-13(2)33(21)25(35)32-20-9-18(26)16(8-19(20)27)14-4-5-24(31-10-14)36-12-22(28)29/h4-5,7-11,13,21-22H,3,6,12H2,1-2H3,(H,30,34)(H,32,35). The maximum absolute atomic E-state index is 15.0. The van der Waals surface area contributed by atoms with Crippen LogP contribution in [0.1, 0.15) is 37.4 Å². The zero-order chi connectivity index (χ0) is 26.0. The van der Waals surface area contributed by atoms with Crippen molar-refractivity contribution in [1.29, 1.82) is 0 Å². The lowest BCUT2D eigenvalue weighted by Crippen LogP contribution is -2.48. The molecule has 0 saturated heterocycles. The molecule has 2 atom stereocenters. The number of alkyl halides is 2. The number of carbonyl (C=O) groups is 1. The molecule has 4 rings (SSSR count). The molecule has 1 aromatic carbocycles. The molecule has 2 unspecified atom stereocenters. The summed E-state index contributed by atoms with van der Waals surface area (Å²) in [6.07, 6.45) is 1.43. The highest BCUT2D eigenvalue weighted by Crippen LogP contribution is 2.36. The number of benzene rings is 1. The van der Waals surface area contributed by atoms with E-state index in [1.165, 1.54) is 30.5 Å². The number of carbonyl (C=O) groups excluding carboxylic acids is 1. The predicted octanol–water partition coefficient (Wildman–Crippen LogP) is 5.80. The number of nitrogens with one attached hydrogen (secondary N) is 2. The first-order valence-electron chi connectivity index (χ1n) is 11.3. The summed E-state index contributed by atoms with van der Waals surface area (Å²) in [6.45, 7) is 3.02. The van der Waals surface area contributed by atoms with E-state index in [1.807, 2.05) is 13.8 Å². The molecule has 7 nitrogen and oxygen atoms in total. The van der Waals surface area contributed by atoms with Crippen LogP contribution in [0.15, 0.2) is 47.5 Å². The Bertz CT molecular complexity index is 1320. The number of anilines is 1. The quantitative estimate of drug-likeness (QED) is 0.430. The highest BCUT2D eigenvalue weighted by Gasteiger charge is 2.35. The van der Waals surface area contributed by atoms with E-state index in [0.717, 1.165) is 11.1 Å². The fourth-order valence-electron chi connectivity index (χ4n) is 4.46. The second kappa shape index (κ2) is 10.6. The number of amides is 2. The highest BCUT2D eigenvalue weighted by molar-refractivity contribution is 6.33. The number of hydrogen-bond acceptors (Lipinski definition) is 4. The average molecular weight is 521 g/mol. The molecule has 2 aromatic heterocycles. The van der Waals surface area contributed by atoms with E-state index >= 15 is 4.39 Å². The van der Waals surface area contributed by atoms with Gasteiger partial charge in [-0.05, 0) is 49.1 Å². The molecule has 0 saturated carbocycles. The maximum Gasteiger partial charge on any atom is 0.322 e. The molecular weight excluding hydrogens is 497 g/mol. The summed E-state index contributed by atoms with van der Waals surface area (Å²) in [6, 6.07) is 5.93. The molecule has 0 fully saturated rings. The largest absolute Gasteiger partial charge is 0.472 e. The molecule has 3 aromatic rings. The van der Waals surface area contributed by atoms with E-state index < -0.39 is 24.9 Å². The smallest absolute Gasteiger partial charge is 0.322 e. The molecule has 36 heavy (non-hydrogen) atoms. The van der Waals surface area contributed by atoms with Crippen LogP contribution < -0.4 is 15.6 Å². The molecule has 2 N–H and O–H groups in total. The fraction of sp³-hybridized carbons (Fsp3) is 0.320. The zero-order valence-corrected chi connectivity index (χ0v) is 20.3. The summed E-state index contributed by atoms with van der Waals surface area (Å²) < 4.78 is 44.5. The number of aromatic amines is 1. The Morgan fingerprint density at radius 3 is 2.78 bits per heavy atom. The predicted molar refractivity (Wildman–Crippen MR) is 130 cm³/mol. The third-order valence-corrected chi connectivity index (χ3v) is 6.37.